The molecule has 0 unspecified atom stereocenters. The number of nitrogens with one attached hydrogen (secondary N) is 2. The van der Waals surface area contributed by atoms with E-state index in [-0.39, 0.29) is 11.7 Å². The first-order chi connectivity index (χ1) is 8.58. The van der Waals surface area contributed by atoms with E-state index in [1.54, 1.807) is 17.9 Å². The molecule has 0 radical (unpaired) electrons. The zero-order valence-electron chi connectivity index (χ0n) is 10.1. The molecular formula is C12H15N3O3. The average molecular weight is 249 g/mol. The molecule has 2 rings (SSSR count). The number of urea groups is 1. The van der Waals surface area contributed by atoms with Crippen LogP contribution in [0, 0.1) is 6.92 Å². The van der Waals surface area contributed by atoms with Gasteiger partial charge in [-0.2, -0.15) is 0 Å². The Morgan fingerprint density at radius 1 is 1.44 bits per heavy atom. The molecule has 2 heterocycles. The summed E-state index contributed by atoms with van der Waals surface area (Å²) >= 11 is 0. The molecule has 0 fully saturated rings. The van der Waals surface area contributed by atoms with Crippen molar-refractivity contribution in [1.82, 2.24) is 9.88 Å². The molecule has 1 aliphatic heterocycles. The summed E-state index contributed by atoms with van der Waals surface area (Å²) in [7, 11) is 0. The van der Waals surface area contributed by atoms with Crippen LogP contribution in [0.2, 0.25) is 0 Å². The van der Waals surface area contributed by atoms with Crippen molar-refractivity contribution in [2.75, 3.05) is 18.4 Å². The summed E-state index contributed by atoms with van der Waals surface area (Å²) in [5.41, 5.74) is 1.01. The molecule has 0 aliphatic carbocycles. The number of hydrogen-bond acceptors (Lipinski definition) is 2. The smallest absolute Gasteiger partial charge is 0.354 e. The van der Waals surface area contributed by atoms with Gasteiger partial charge in [-0.25, -0.2) is 9.59 Å². The first-order valence-corrected chi connectivity index (χ1v) is 5.72. The summed E-state index contributed by atoms with van der Waals surface area (Å²) in [4.78, 5) is 27.2. The number of carbonyl (C=O) groups is 2. The fraction of sp³-hybridized carbons (Fsp3) is 0.333. The normalized spacial score (nSPS) is 14.6. The average Bonchev–Trinajstić information content (AvgIpc) is 2.71. The number of carboxylic acids is 1. The highest BCUT2D eigenvalue weighted by atomic mass is 16.4. The third-order valence-electron chi connectivity index (χ3n) is 2.75. The number of aryl methyl sites for hydroxylation is 1. The summed E-state index contributed by atoms with van der Waals surface area (Å²) in [6.45, 7) is 2.94. The molecule has 1 aromatic rings. The molecule has 1 aliphatic rings. The van der Waals surface area contributed by atoms with Crippen molar-refractivity contribution in [3.63, 3.8) is 0 Å². The maximum Gasteiger partial charge on any atom is 0.354 e. The lowest BCUT2D eigenvalue weighted by atomic mass is 10.2. The SMILES string of the molecule is Cc1cc(NC(=O)N2CC=CCC2)c(C(=O)O)[nH]1. The lowest BCUT2D eigenvalue weighted by Gasteiger charge is -2.23. The standard InChI is InChI=1S/C12H15N3O3/c1-8-7-9(10(13-8)11(16)17)14-12(18)15-5-3-2-4-6-15/h2-3,7,13H,4-6H2,1H3,(H,14,18)(H,16,17). The summed E-state index contributed by atoms with van der Waals surface area (Å²) in [6.07, 6.45) is 4.77. The highest BCUT2D eigenvalue weighted by Gasteiger charge is 2.19. The van der Waals surface area contributed by atoms with Gasteiger partial charge in [0.15, 0.2) is 0 Å². The number of nitrogens with zero attached hydrogens (tertiary/aromatic N) is 1. The Morgan fingerprint density at radius 2 is 2.22 bits per heavy atom. The van der Waals surface area contributed by atoms with Crippen molar-refractivity contribution in [3.05, 3.63) is 29.6 Å². The maximum absolute atomic E-state index is 11.9. The molecule has 6 nitrogen and oxygen atoms in total. The Morgan fingerprint density at radius 3 is 2.83 bits per heavy atom. The molecule has 6 heteroatoms. The van der Waals surface area contributed by atoms with Crippen molar-refractivity contribution in [2.45, 2.75) is 13.3 Å². The largest absolute Gasteiger partial charge is 0.477 e. The van der Waals surface area contributed by atoms with Crippen LogP contribution < -0.4 is 5.32 Å². The van der Waals surface area contributed by atoms with Gasteiger partial charge in [0, 0.05) is 18.8 Å². The predicted octanol–water partition coefficient (Wildman–Crippen LogP) is 1.82. The molecule has 0 spiro atoms. The molecule has 0 saturated heterocycles. The van der Waals surface area contributed by atoms with Crippen LogP contribution in [0.25, 0.3) is 0 Å². The summed E-state index contributed by atoms with van der Waals surface area (Å²) in [5, 5.41) is 11.6. The van der Waals surface area contributed by atoms with Gasteiger partial charge in [0.25, 0.3) is 0 Å². The third-order valence-corrected chi connectivity index (χ3v) is 2.75. The molecule has 0 saturated carbocycles. The topological polar surface area (TPSA) is 85.4 Å². The van der Waals surface area contributed by atoms with Gasteiger partial charge in [-0.15, -0.1) is 0 Å². The second-order valence-electron chi connectivity index (χ2n) is 4.18. The number of aromatic nitrogens is 1. The maximum atomic E-state index is 11.9. The van der Waals surface area contributed by atoms with E-state index in [0.717, 1.165) is 6.42 Å². The molecule has 96 valence electrons. The van der Waals surface area contributed by atoms with Gasteiger partial charge in [0.1, 0.15) is 5.69 Å². The van der Waals surface area contributed by atoms with Gasteiger partial charge in [-0.05, 0) is 19.4 Å². The van der Waals surface area contributed by atoms with Gasteiger partial charge in [-0.1, -0.05) is 12.2 Å². The van der Waals surface area contributed by atoms with E-state index in [9.17, 15) is 9.59 Å². The van der Waals surface area contributed by atoms with Crippen LogP contribution in [0.3, 0.4) is 0 Å². The van der Waals surface area contributed by atoms with Gasteiger partial charge < -0.3 is 20.3 Å². The van der Waals surface area contributed by atoms with E-state index < -0.39 is 5.97 Å². The number of amides is 2. The molecule has 3 N–H and O–H groups in total. The minimum absolute atomic E-state index is 0.00778. The summed E-state index contributed by atoms with van der Waals surface area (Å²) in [5.74, 6) is -1.09. The molecule has 18 heavy (non-hydrogen) atoms. The number of aromatic amines is 1. The van der Waals surface area contributed by atoms with Crippen molar-refractivity contribution in [3.8, 4) is 0 Å². The first-order valence-electron chi connectivity index (χ1n) is 5.72. The molecule has 0 atom stereocenters. The van der Waals surface area contributed by atoms with Crippen LogP contribution in [0.1, 0.15) is 22.6 Å². The van der Waals surface area contributed by atoms with Crippen LogP contribution in [0.15, 0.2) is 18.2 Å². The highest BCUT2D eigenvalue weighted by molar-refractivity contribution is 5.99. The predicted molar refractivity (Wildman–Crippen MR) is 66.8 cm³/mol. The fourth-order valence-corrected chi connectivity index (χ4v) is 1.88. The van der Waals surface area contributed by atoms with Crippen LogP contribution in [0.5, 0.6) is 0 Å². The highest BCUT2D eigenvalue weighted by Crippen LogP contribution is 2.17. The Balaban J connectivity index is 2.11. The van der Waals surface area contributed by atoms with E-state index in [0.29, 0.717) is 24.5 Å². The quantitative estimate of drug-likeness (QED) is 0.699. The molecular weight excluding hydrogens is 234 g/mol. The van der Waals surface area contributed by atoms with Crippen molar-refractivity contribution in [2.24, 2.45) is 0 Å². The molecule has 1 aromatic heterocycles. The van der Waals surface area contributed by atoms with Gasteiger partial charge in [0.2, 0.25) is 0 Å². The second-order valence-corrected chi connectivity index (χ2v) is 4.18. The van der Waals surface area contributed by atoms with Crippen molar-refractivity contribution < 1.29 is 14.7 Å². The fourth-order valence-electron chi connectivity index (χ4n) is 1.88. The summed E-state index contributed by atoms with van der Waals surface area (Å²) < 4.78 is 0. The minimum Gasteiger partial charge on any atom is -0.477 e. The summed E-state index contributed by atoms with van der Waals surface area (Å²) in [6, 6.07) is 1.34. The van der Waals surface area contributed by atoms with Crippen LogP contribution in [-0.4, -0.2) is 40.1 Å². The number of carbonyl (C=O) groups excluding carboxylic acids is 1. The van der Waals surface area contributed by atoms with E-state index >= 15 is 0 Å². The third kappa shape index (κ3) is 2.53. The molecule has 0 bridgehead atoms. The monoisotopic (exact) mass is 249 g/mol. The lowest BCUT2D eigenvalue weighted by Crippen LogP contribution is -2.37. The van der Waals surface area contributed by atoms with E-state index in [4.69, 9.17) is 5.11 Å². The zero-order valence-corrected chi connectivity index (χ0v) is 10.1. The zero-order chi connectivity index (χ0) is 13.1. The number of aromatic carboxylic acids is 1. The Labute approximate surface area is 104 Å². The Hall–Kier alpha value is -2.24. The number of rotatable bonds is 2. The van der Waals surface area contributed by atoms with E-state index in [1.165, 1.54) is 0 Å². The number of anilines is 1. The number of H-pyrrole nitrogens is 1. The molecule has 2 amide bonds. The Kier molecular flexibility index (Phi) is 3.36. The minimum atomic E-state index is -1.09. The van der Waals surface area contributed by atoms with Crippen LogP contribution in [0.4, 0.5) is 10.5 Å². The van der Waals surface area contributed by atoms with E-state index in [1.807, 2.05) is 12.2 Å². The first kappa shape index (κ1) is 12.2. The number of carboxylic acid groups (broad SMARTS) is 1. The van der Waals surface area contributed by atoms with E-state index in [2.05, 4.69) is 10.3 Å². The van der Waals surface area contributed by atoms with Gasteiger partial charge in [0.05, 0.1) is 5.69 Å². The van der Waals surface area contributed by atoms with Crippen LogP contribution in [-0.2, 0) is 0 Å². The lowest BCUT2D eigenvalue weighted by molar-refractivity contribution is 0.0692. The van der Waals surface area contributed by atoms with Gasteiger partial charge in [-0.3, -0.25) is 0 Å². The second kappa shape index (κ2) is 4.95. The van der Waals surface area contributed by atoms with Crippen molar-refractivity contribution >= 4 is 17.7 Å². The number of hydrogen-bond donors (Lipinski definition) is 3. The Bertz CT molecular complexity index is 505. The van der Waals surface area contributed by atoms with Gasteiger partial charge >= 0.3 is 12.0 Å². The van der Waals surface area contributed by atoms with Crippen molar-refractivity contribution in [1.29, 1.82) is 0 Å². The van der Waals surface area contributed by atoms with Crippen LogP contribution >= 0.6 is 0 Å². The molecule has 0 aromatic carbocycles.